The number of aliphatic hydroxyl groups excluding tert-OH is 1. The van der Waals surface area contributed by atoms with Gasteiger partial charge in [-0.1, -0.05) is 42.5 Å². The third-order valence-corrected chi connectivity index (χ3v) is 6.00. The molecular weight excluding hydrogens is 522 g/mol. The molecule has 0 aliphatic heterocycles. The number of hydrogen-bond acceptors (Lipinski definition) is 8. The molecule has 40 heavy (non-hydrogen) atoms. The molecule has 0 saturated carbocycles. The monoisotopic (exact) mass is 557 g/mol. The van der Waals surface area contributed by atoms with Gasteiger partial charge >= 0.3 is 5.97 Å². The summed E-state index contributed by atoms with van der Waals surface area (Å²) in [6.45, 7) is 1.22. The Morgan fingerprint density at radius 1 is 0.800 bits per heavy atom. The minimum Gasteiger partial charge on any atom is -0.508 e. The number of aliphatic carboxylic acids is 1. The molecule has 2 aromatic rings. The van der Waals surface area contributed by atoms with Gasteiger partial charge in [-0.25, -0.2) is 4.79 Å². The second kappa shape index (κ2) is 15.2. The Hall–Kier alpha value is -4.49. The van der Waals surface area contributed by atoms with Crippen molar-refractivity contribution in [3.8, 4) is 5.75 Å². The lowest BCUT2D eigenvalue weighted by Crippen LogP contribution is -2.60. The van der Waals surface area contributed by atoms with E-state index in [0.717, 1.165) is 0 Å². The van der Waals surface area contributed by atoms with E-state index in [0.29, 0.717) is 11.1 Å². The molecule has 4 amide bonds. The number of phenolic OH excluding ortho intramolecular Hbond substituents is 1. The normalized spacial score (nSPS) is 14.6. The van der Waals surface area contributed by atoms with Crippen LogP contribution in [0.2, 0.25) is 0 Å². The Balaban J connectivity index is 2.11. The molecule has 5 atom stereocenters. The van der Waals surface area contributed by atoms with E-state index in [2.05, 4.69) is 16.0 Å². The van der Waals surface area contributed by atoms with E-state index >= 15 is 0 Å². The fourth-order valence-corrected chi connectivity index (χ4v) is 3.78. The summed E-state index contributed by atoms with van der Waals surface area (Å²) in [6.07, 6.45) is -1.92. The SMILES string of the molecule is CC(O)C(NC(=O)C(CCC(N)=O)NC(=O)C(N)Cc1ccc(O)cc1)C(=O)NC(Cc1ccccc1)C(=O)O. The van der Waals surface area contributed by atoms with Gasteiger partial charge in [0, 0.05) is 12.8 Å². The Morgan fingerprint density at radius 3 is 1.93 bits per heavy atom. The number of hydrogen-bond donors (Lipinski definition) is 8. The Morgan fingerprint density at radius 2 is 1.38 bits per heavy atom. The van der Waals surface area contributed by atoms with Gasteiger partial charge in [-0.05, 0) is 43.0 Å². The zero-order valence-electron chi connectivity index (χ0n) is 21.9. The molecule has 2 aromatic carbocycles. The Kier molecular flexibility index (Phi) is 12.0. The summed E-state index contributed by atoms with van der Waals surface area (Å²) in [5.74, 6) is -4.63. The van der Waals surface area contributed by atoms with E-state index in [9.17, 15) is 39.3 Å². The molecule has 0 heterocycles. The van der Waals surface area contributed by atoms with E-state index in [1.165, 1.54) is 19.1 Å². The summed E-state index contributed by atoms with van der Waals surface area (Å²) in [6, 6.07) is 9.20. The molecule has 2 rings (SSSR count). The molecule has 0 saturated heterocycles. The first-order valence-corrected chi connectivity index (χ1v) is 12.5. The van der Waals surface area contributed by atoms with Crippen LogP contribution in [0.1, 0.15) is 30.9 Å². The number of benzene rings is 2. The molecule has 0 radical (unpaired) electrons. The topological polar surface area (TPSA) is 234 Å². The minimum absolute atomic E-state index is 0.0383. The molecule has 13 nitrogen and oxygen atoms in total. The first kappa shape index (κ1) is 31.7. The zero-order valence-corrected chi connectivity index (χ0v) is 21.9. The molecule has 10 N–H and O–H groups in total. The summed E-state index contributed by atoms with van der Waals surface area (Å²) in [5.41, 5.74) is 12.5. The van der Waals surface area contributed by atoms with Crippen LogP contribution in [-0.2, 0) is 36.8 Å². The summed E-state index contributed by atoms with van der Waals surface area (Å²) in [7, 11) is 0. The van der Waals surface area contributed by atoms with E-state index in [4.69, 9.17) is 11.5 Å². The number of rotatable bonds is 15. The predicted octanol–water partition coefficient (Wildman–Crippen LogP) is -1.31. The molecule has 0 aliphatic carbocycles. The van der Waals surface area contributed by atoms with Crippen molar-refractivity contribution in [2.24, 2.45) is 11.5 Å². The number of carbonyl (C=O) groups is 5. The van der Waals surface area contributed by atoms with Gasteiger partial charge in [-0.15, -0.1) is 0 Å². The summed E-state index contributed by atoms with van der Waals surface area (Å²) in [4.78, 5) is 61.9. The molecule has 0 bridgehead atoms. The van der Waals surface area contributed by atoms with Gasteiger partial charge in [-0.3, -0.25) is 19.2 Å². The van der Waals surface area contributed by atoms with Crippen LogP contribution in [0.4, 0.5) is 0 Å². The maximum Gasteiger partial charge on any atom is 0.326 e. The van der Waals surface area contributed by atoms with Crippen LogP contribution in [0.25, 0.3) is 0 Å². The molecule has 13 heteroatoms. The van der Waals surface area contributed by atoms with Crippen molar-refractivity contribution in [3.63, 3.8) is 0 Å². The van der Waals surface area contributed by atoms with Gasteiger partial charge in [0.15, 0.2) is 0 Å². The van der Waals surface area contributed by atoms with Gasteiger partial charge in [0.1, 0.15) is 23.9 Å². The zero-order chi connectivity index (χ0) is 29.8. The molecular formula is C27H35N5O8. The van der Waals surface area contributed by atoms with Crippen LogP contribution in [0, 0.1) is 0 Å². The van der Waals surface area contributed by atoms with Crippen molar-refractivity contribution in [1.82, 2.24) is 16.0 Å². The second-order valence-corrected chi connectivity index (χ2v) is 9.36. The lowest BCUT2D eigenvalue weighted by Gasteiger charge is -2.26. The quantitative estimate of drug-likeness (QED) is 0.130. The third-order valence-electron chi connectivity index (χ3n) is 6.00. The van der Waals surface area contributed by atoms with Crippen molar-refractivity contribution >= 4 is 29.6 Å². The number of phenols is 1. The summed E-state index contributed by atoms with van der Waals surface area (Å²) < 4.78 is 0. The highest BCUT2D eigenvalue weighted by Gasteiger charge is 2.33. The van der Waals surface area contributed by atoms with Crippen LogP contribution in [0.15, 0.2) is 54.6 Å². The molecule has 0 fully saturated rings. The van der Waals surface area contributed by atoms with Gasteiger partial charge in [0.2, 0.25) is 23.6 Å². The molecule has 0 aromatic heterocycles. The number of carbonyl (C=O) groups excluding carboxylic acids is 4. The van der Waals surface area contributed by atoms with E-state index < -0.39 is 59.9 Å². The first-order valence-electron chi connectivity index (χ1n) is 12.5. The van der Waals surface area contributed by atoms with Crippen LogP contribution >= 0.6 is 0 Å². The maximum absolute atomic E-state index is 13.1. The molecule has 0 aliphatic rings. The number of primary amides is 1. The maximum atomic E-state index is 13.1. The number of aliphatic hydroxyl groups is 1. The van der Waals surface area contributed by atoms with E-state index in [1.54, 1.807) is 42.5 Å². The smallest absolute Gasteiger partial charge is 0.326 e. The number of aromatic hydroxyl groups is 1. The second-order valence-electron chi connectivity index (χ2n) is 9.36. The predicted molar refractivity (Wildman–Crippen MR) is 143 cm³/mol. The third kappa shape index (κ3) is 10.3. The average molecular weight is 558 g/mol. The largest absolute Gasteiger partial charge is 0.508 e. The Bertz CT molecular complexity index is 1170. The van der Waals surface area contributed by atoms with Gasteiger partial charge < -0.3 is 42.7 Å². The number of nitrogens with one attached hydrogen (secondary N) is 3. The fraction of sp³-hybridized carbons (Fsp3) is 0.370. The van der Waals surface area contributed by atoms with Crippen molar-refractivity contribution in [1.29, 1.82) is 0 Å². The highest BCUT2D eigenvalue weighted by Crippen LogP contribution is 2.11. The Labute approximate surface area is 230 Å². The highest BCUT2D eigenvalue weighted by molar-refractivity contribution is 5.94. The molecule has 5 unspecified atom stereocenters. The van der Waals surface area contributed by atoms with Gasteiger partial charge in [0.25, 0.3) is 0 Å². The van der Waals surface area contributed by atoms with E-state index in [-0.39, 0.29) is 31.4 Å². The van der Waals surface area contributed by atoms with Crippen molar-refractivity contribution in [3.05, 3.63) is 65.7 Å². The summed E-state index contributed by atoms with van der Waals surface area (Å²) >= 11 is 0. The first-order chi connectivity index (χ1) is 18.9. The molecule has 216 valence electrons. The van der Waals surface area contributed by atoms with Gasteiger partial charge in [-0.2, -0.15) is 0 Å². The molecule has 0 spiro atoms. The van der Waals surface area contributed by atoms with Crippen LogP contribution in [0.3, 0.4) is 0 Å². The van der Waals surface area contributed by atoms with Gasteiger partial charge in [0.05, 0.1) is 12.1 Å². The fourth-order valence-electron chi connectivity index (χ4n) is 3.78. The minimum atomic E-state index is -1.58. The number of carboxylic acids is 1. The standard InChI is InChI=1S/C27H35N5O8/c1-15(33)23(26(38)31-21(27(39)40)14-16-5-3-2-4-6-16)32-25(37)20(11-12-22(29)35)30-24(36)19(28)13-17-7-9-18(34)10-8-17/h2-10,15,19-21,23,33-34H,11-14,28H2,1H3,(H2,29,35)(H,30,36)(H,31,38)(H,32,37)(H,39,40). The highest BCUT2D eigenvalue weighted by atomic mass is 16.4. The average Bonchev–Trinajstić information content (AvgIpc) is 2.90. The van der Waals surface area contributed by atoms with Crippen molar-refractivity contribution in [2.45, 2.75) is 62.9 Å². The van der Waals surface area contributed by atoms with Crippen LogP contribution in [0.5, 0.6) is 5.75 Å². The number of carboxylic acid groups (broad SMARTS) is 1. The van der Waals surface area contributed by atoms with E-state index in [1.807, 2.05) is 0 Å². The van der Waals surface area contributed by atoms with Crippen LogP contribution < -0.4 is 27.4 Å². The van der Waals surface area contributed by atoms with Crippen LogP contribution in [-0.4, -0.2) is 75.2 Å². The summed E-state index contributed by atoms with van der Waals surface area (Å²) in [5, 5.41) is 36.3. The lowest BCUT2D eigenvalue weighted by atomic mass is 10.0. The number of amides is 4. The number of nitrogens with two attached hydrogens (primary N) is 2. The van der Waals surface area contributed by atoms with Crippen molar-refractivity contribution < 1.29 is 39.3 Å². The lowest BCUT2D eigenvalue weighted by molar-refractivity contribution is -0.143. The van der Waals surface area contributed by atoms with Crippen molar-refractivity contribution in [2.75, 3.05) is 0 Å².